The largest absolute Gasteiger partial charge is 0.494 e. The van der Waals surface area contributed by atoms with Gasteiger partial charge in [0, 0.05) is 18.9 Å². The number of unbranched alkanes of at least 4 members (excludes halogenated alkanes) is 1. The van der Waals surface area contributed by atoms with Gasteiger partial charge in [-0.15, -0.1) is 11.6 Å². The molecule has 0 saturated carbocycles. The van der Waals surface area contributed by atoms with Gasteiger partial charge in [0.05, 0.1) is 24.2 Å². The first-order chi connectivity index (χ1) is 9.88. The van der Waals surface area contributed by atoms with Crippen molar-refractivity contribution in [3.63, 3.8) is 0 Å². The molecule has 21 heavy (non-hydrogen) atoms. The number of halogens is 1. The van der Waals surface area contributed by atoms with Crippen LogP contribution in [0.15, 0.2) is 18.2 Å². The monoisotopic (exact) mass is 334 g/mol. The van der Waals surface area contributed by atoms with Gasteiger partial charge < -0.3 is 10.1 Å². The van der Waals surface area contributed by atoms with Crippen LogP contribution in [0.5, 0.6) is 5.75 Å². The lowest BCUT2D eigenvalue weighted by atomic mass is 10.2. The second-order valence-electron chi connectivity index (χ2n) is 4.41. The van der Waals surface area contributed by atoms with E-state index in [4.69, 9.17) is 16.3 Å². The maximum absolute atomic E-state index is 11.9. The summed E-state index contributed by atoms with van der Waals surface area (Å²) in [5.74, 6) is 0.596. The van der Waals surface area contributed by atoms with E-state index in [1.165, 1.54) is 20.1 Å². The van der Waals surface area contributed by atoms with Crippen LogP contribution in [0, 0.1) is 0 Å². The number of methoxy groups -OCH3 is 1. The highest BCUT2D eigenvalue weighted by molar-refractivity contribution is 7.92. The summed E-state index contributed by atoms with van der Waals surface area (Å²) in [7, 11) is -1.98. The van der Waals surface area contributed by atoms with E-state index in [-0.39, 0.29) is 11.7 Å². The summed E-state index contributed by atoms with van der Waals surface area (Å²) in [4.78, 5) is 11.1. The lowest BCUT2D eigenvalue weighted by Crippen LogP contribution is -2.17. The Kier molecular flexibility index (Phi) is 6.77. The Labute approximate surface area is 129 Å². The van der Waals surface area contributed by atoms with Crippen LogP contribution in [-0.4, -0.2) is 33.1 Å². The SMILES string of the molecule is COc1cc(NS(=O)(=O)CCCCCl)ccc1NC(C)=O. The highest BCUT2D eigenvalue weighted by atomic mass is 35.5. The van der Waals surface area contributed by atoms with E-state index in [9.17, 15) is 13.2 Å². The minimum atomic E-state index is -3.42. The molecule has 0 aliphatic carbocycles. The fraction of sp³-hybridized carbons (Fsp3) is 0.462. The van der Waals surface area contributed by atoms with Crippen molar-refractivity contribution in [2.75, 3.05) is 28.8 Å². The molecule has 0 aromatic heterocycles. The summed E-state index contributed by atoms with van der Waals surface area (Å²) in [6, 6.07) is 4.66. The fourth-order valence-corrected chi connectivity index (χ4v) is 3.03. The highest BCUT2D eigenvalue weighted by Gasteiger charge is 2.12. The maximum atomic E-state index is 11.9. The number of carbonyl (C=O) groups excluding carboxylic acids is 1. The number of carbonyl (C=O) groups is 1. The van der Waals surface area contributed by atoms with Crippen LogP contribution in [0.25, 0.3) is 0 Å². The molecule has 0 heterocycles. The molecule has 0 spiro atoms. The van der Waals surface area contributed by atoms with E-state index in [0.717, 1.165) is 0 Å². The van der Waals surface area contributed by atoms with Gasteiger partial charge in [-0.05, 0) is 25.0 Å². The molecule has 0 saturated heterocycles. The van der Waals surface area contributed by atoms with Crippen molar-refractivity contribution in [3.8, 4) is 5.75 Å². The molecule has 6 nitrogen and oxygen atoms in total. The molecule has 1 rings (SSSR count). The maximum Gasteiger partial charge on any atom is 0.232 e. The highest BCUT2D eigenvalue weighted by Crippen LogP contribution is 2.28. The van der Waals surface area contributed by atoms with Crippen molar-refractivity contribution in [1.82, 2.24) is 0 Å². The number of anilines is 2. The van der Waals surface area contributed by atoms with Gasteiger partial charge >= 0.3 is 0 Å². The Morgan fingerprint density at radius 3 is 2.62 bits per heavy atom. The van der Waals surface area contributed by atoms with Gasteiger partial charge in [-0.25, -0.2) is 8.42 Å². The molecule has 0 atom stereocenters. The van der Waals surface area contributed by atoms with Gasteiger partial charge in [-0.2, -0.15) is 0 Å². The molecular weight excluding hydrogens is 316 g/mol. The number of nitrogens with one attached hydrogen (secondary N) is 2. The summed E-state index contributed by atoms with van der Waals surface area (Å²) < 4.78 is 31.3. The van der Waals surface area contributed by atoms with Gasteiger partial charge in [0.1, 0.15) is 5.75 Å². The Bertz CT molecular complexity index is 590. The summed E-state index contributed by atoms with van der Waals surface area (Å²) >= 11 is 5.52. The van der Waals surface area contributed by atoms with E-state index >= 15 is 0 Å². The Balaban J connectivity index is 2.82. The minimum absolute atomic E-state index is 0.00941. The third-order valence-electron chi connectivity index (χ3n) is 2.58. The molecular formula is C13H19ClN2O4S. The van der Waals surface area contributed by atoms with Crippen molar-refractivity contribution in [3.05, 3.63) is 18.2 Å². The molecule has 8 heteroatoms. The second kappa shape index (κ2) is 8.09. The van der Waals surface area contributed by atoms with Gasteiger partial charge in [-0.1, -0.05) is 0 Å². The van der Waals surface area contributed by atoms with Gasteiger partial charge in [0.2, 0.25) is 15.9 Å². The molecule has 1 aromatic carbocycles. The van der Waals surface area contributed by atoms with Crippen molar-refractivity contribution >= 4 is 38.9 Å². The van der Waals surface area contributed by atoms with Crippen LogP contribution in [0.3, 0.4) is 0 Å². The predicted molar refractivity (Wildman–Crippen MR) is 84.7 cm³/mol. The number of hydrogen-bond donors (Lipinski definition) is 2. The van der Waals surface area contributed by atoms with Crippen molar-refractivity contribution < 1.29 is 17.9 Å². The number of hydrogen-bond acceptors (Lipinski definition) is 4. The molecule has 0 fully saturated rings. The van der Waals surface area contributed by atoms with Crippen LogP contribution >= 0.6 is 11.6 Å². The number of amides is 1. The van der Waals surface area contributed by atoms with E-state index in [1.54, 1.807) is 12.1 Å². The van der Waals surface area contributed by atoms with Gasteiger partial charge in [0.15, 0.2) is 0 Å². The summed E-state index contributed by atoms with van der Waals surface area (Å²) in [6.07, 6.45) is 1.15. The van der Waals surface area contributed by atoms with E-state index in [1.807, 2.05) is 0 Å². The average molecular weight is 335 g/mol. The van der Waals surface area contributed by atoms with E-state index in [0.29, 0.717) is 35.8 Å². The van der Waals surface area contributed by atoms with Crippen LogP contribution in [0.4, 0.5) is 11.4 Å². The minimum Gasteiger partial charge on any atom is -0.494 e. The van der Waals surface area contributed by atoms with E-state index in [2.05, 4.69) is 10.0 Å². The molecule has 0 bridgehead atoms. The zero-order valence-corrected chi connectivity index (χ0v) is 13.6. The molecule has 1 aromatic rings. The molecule has 0 radical (unpaired) electrons. The standard InChI is InChI=1S/C13H19ClN2O4S/c1-10(17)15-12-6-5-11(9-13(12)20-2)16-21(18,19)8-4-3-7-14/h5-6,9,16H,3-4,7-8H2,1-2H3,(H,15,17). The van der Waals surface area contributed by atoms with Gasteiger partial charge in [-0.3, -0.25) is 9.52 Å². The third-order valence-corrected chi connectivity index (χ3v) is 4.22. The predicted octanol–water partition coefficient (Wildman–Crippen LogP) is 2.41. The molecule has 0 unspecified atom stereocenters. The lowest BCUT2D eigenvalue weighted by Gasteiger charge is -2.12. The normalized spacial score (nSPS) is 11.0. The number of rotatable bonds is 8. The smallest absolute Gasteiger partial charge is 0.232 e. The first kappa shape index (κ1) is 17.6. The molecule has 0 aliphatic rings. The number of benzene rings is 1. The number of alkyl halides is 1. The van der Waals surface area contributed by atoms with Crippen LogP contribution < -0.4 is 14.8 Å². The van der Waals surface area contributed by atoms with E-state index < -0.39 is 10.0 Å². The Hall–Kier alpha value is -1.47. The summed E-state index contributed by atoms with van der Waals surface area (Å²) in [5.41, 5.74) is 0.863. The van der Waals surface area contributed by atoms with Crippen molar-refractivity contribution in [2.45, 2.75) is 19.8 Å². The zero-order valence-electron chi connectivity index (χ0n) is 12.0. The first-order valence-electron chi connectivity index (χ1n) is 6.40. The summed E-state index contributed by atoms with van der Waals surface area (Å²) in [5, 5.41) is 2.60. The lowest BCUT2D eigenvalue weighted by molar-refractivity contribution is -0.114. The van der Waals surface area contributed by atoms with Crippen molar-refractivity contribution in [1.29, 1.82) is 0 Å². The van der Waals surface area contributed by atoms with Gasteiger partial charge in [0.25, 0.3) is 0 Å². The quantitative estimate of drug-likeness (QED) is 0.565. The Morgan fingerprint density at radius 1 is 1.33 bits per heavy atom. The fourth-order valence-electron chi connectivity index (χ4n) is 1.66. The number of ether oxygens (including phenoxy) is 1. The third kappa shape index (κ3) is 6.22. The average Bonchev–Trinajstić information content (AvgIpc) is 2.39. The van der Waals surface area contributed by atoms with Crippen LogP contribution in [0.2, 0.25) is 0 Å². The Morgan fingerprint density at radius 2 is 2.05 bits per heavy atom. The molecule has 0 aliphatic heterocycles. The van der Waals surface area contributed by atoms with Crippen LogP contribution in [0.1, 0.15) is 19.8 Å². The summed E-state index contributed by atoms with van der Waals surface area (Å²) in [6.45, 7) is 1.38. The molecule has 2 N–H and O–H groups in total. The molecule has 118 valence electrons. The molecule has 1 amide bonds. The van der Waals surface area contributed by atoms with Crippen molar-refractivity contribution in [2.24, 2.45) is 0 Å². The first-order valence-corrected chi connectivity index (χ1v) is 8.58. The zero-order chi connectivity index (χ0) is 15.9. The second-order valence-corrected chi connectivity index (χ2v) is 6.63. The topological polar surface area (TPSA) is 84.5 Å². The van der Waals surface area contributed by atoms with Crippen LogP contribution in [-0.2, 0) is 14.8 Å². The number of sulfonamides is 1.